The van der Waals surface area contributed by atoms with E-state index in [1.807, 2.05) is 0 Å². The average molecular weight is 510 g/mol. The Morgan fingerprint density at radius 2 is 1.94 bits per heavy atom. The van der Waals surface area contributed by atoms with E-state index in [0.717, 1.165) is 18.9 Å². The number of primary amides is 1. The van der Waals surface area contributed by atoms with Crippen molar-refractivity contribution in [3.63, 3.8) is 0 Å². The Balaban J connectivity index is 1.45. The first kappa shape index (κ1) is 25.1. The summed E-state index contributed by atoms with van der Waals surface area (Å²) in [6.07, 6.45) is 4.73. The van der Waals surface area contributed by atoms with Crippen LogP contribution in [0.2, 0.25) is 5.02 Å². The van der Waals surface area contributed by atoms with Gasteiger partial charge >= 0.3 is 0 Å². The number of ether oxygens (including phenoxy) is 1. The van der Waals surface area contributed by atoms with Crippen molar-refractivity contribution in [2.75, 3.05) is 18.5 Å². The van der Waals surface area contributed by atoms with Crippen LogP contribution in [-0.4, -0.2) is 57.9 Å². The van der Waals surface area contributed by atoms with Crippen LogP contribution in [0.3, 0.4) is 0 Å². The van der Waals surface area contributed by atoms with E-state index in [4.69, 9.17) is 22.1 Å². The summed E-state index contributed by atoms with van der Waals surface area (Å²) < 4.78 is 33.1. The molecule has 1 aliphatic carbocycles. The van der Waals surface area contributed by atoms with Crippen molar-refractivity contribution in [1.82, 2.24) is 14.9 Å². The lowest BCUT2D eigenvalue weighted by Gasteiger charge is -2.37. The molecule has 1 saturated heterocycles. The molecule has 1 saturated carbocycles. The second-order valence-corrected chi connectivity index (χ2v) is 9.23. The van der Waals surface area contributed by atoms with Gasteiger partial charge in [-0.15, -0.1) is 0 Å². The van der Waals surface area contributed by atoms with Crippen LogP contribution in [0.1, 0.15) is 59.5 Å². The molecule has 9 nitrogen and oxygen atoms in total. The van der Waals surface area contributed by atoms with Gasteiger partial charge < -0.3 is 25.7 Å². The SMILES string of the molecule is NC(=O)c1[nH]cnc1C(=O)N(CC1CCCO1)[C@H]1CC[C@H](C(=O)Nc2c(F)cc(F)cc2Cl)CC1. The van der Waals surface area contributed by atoms with Gasteiger partial charge in [-0.1, -0.05) is 11.6 Å². The third kappa shape index (κ3) is 5.62. The van der Waals surface area contributed by atoms with Crippen LogP contribution < -0.4 is 11.1 Å². The number of amides is 3. The summed E-state index contributed by atoms with van der Waals surface area (Å²) in [6.45, 7) is 0.957. The Kier molecular flexibility index (Phi) is 7.66. The second-order valence-electron chi connectivity index (χ2n) is 8.82. The predicted molar refractivity (Wildman–Crippen MR) is 123 cm³/mol. The van der Waals surface area contributed by atoms with Gasteiger partial charge in [-0.2, -0.15) is 0 Å². The molecule has 4 rings (SSSR count). The smallest absolute Gasteiger partial charge is 0.275 e. The topological polar surface area (TPSA) is 130 Å². The fourth-order valence-electron chi connectivity index (χ4n) is 4.72. The molecule has 1 aromatic carbocycles. The molecule has 2 heterocycles. The molecule has 1 unspecified atom stereocenters. The zero-order chi connectivity index (χ0) is 25.1. The molecule has 188 valence electrons. The summed E-state index contributed by atoms with van der Waals surface area (Å²) in [4.78, 5) is 46.1. The van der Waals surface area contributed by atoms with Crippen LogP contribution in [0.25, 0.3) is 0 Å². The number of anilines is 1. The molecular weight excluding hydrogens is 484 g/mol. The molecule has 1 aliphatic heterocycles. The number of aromatic nitrogens is 2. The van der Waals surface area contributed by atoms with Crippen molar-refractivity contribution in [2.45, 2.75) is 50.7 Å². The number of aromatic amines is 1. The molecule has 12 heteroatoms. The van der Waals surface area contributed by atoms with Crippen LogP contribution in [-0.2, 0) is 9.53 Å². The number of nitrogens with zero attached hydrogens (tertiary/aromatic N) is 2. The molecule has 0 bridgehead atoms. The van der Waals surface area contributed by atoms with E-state index < -0.39 is 35.3 Å². The molecule has 1 atom stereocenters. The minimum Gasteiger partial charge on any atom is -0.376 e. The molecule has 0 spiro atoms. The molecular formula is C23H26ClF2N5O4. The summed E-state index contributed by atoms with van der Waals surface area (Å²) in [7, 11) is 0. The summed E-state index contributed by atoms with van der Waals surface area (Å²) >= 11 is 5.89. The van der Waals surface area contributed by atoms with Gasteiger partial charge in [-0.3, -0.25) is 14.4 Å². The zero-order valence-corrected chi connectivity index (χ0v) is 19.6. The summed E-state index contributed by atoms with van der Waals surface area (Å²) in [6, 6.07) is 1.38. The highest BCUT2D eigenvalue weighted by Crippen LogP contribution is 2.32. The molecule has 1 aromatic heterocycles. The van der Waals surface area contributed by atoms with Gasteiger partial charge in [0.2, 0.25) is 5.91 Å². The number of imidazole rings is 1. The molecule has 2 aromatic rings. The fourth-order valence-corrected chi connectivity index (χ4v) is 4.96. The Morgan fingerprint density at radius 3 is 2.57 bits per heavy atom. The van der Waals surface area contributed by atoms with Crippen LogP contribution in [0.5, 0.6) is 0 Å². The maximum atomic E-state index is 14.1. The van der Waals surface area contributed by atoms with E-state index >= 15 is 0 Å². The van der Waals surface area contributed by atoms with Crippen molar-refractivity contribution in [3.8, 4) is 0 Å². The van der Waals surface area contributed by atoms with Gasteiger partial charge in [0.15, 0.2) is 11.5 Å². The first-order chi connectivity index (χ1) is 16.7. The maximum absolute atomic E-state index is 14.1. The first-order valence-electron chi connectivity index (χ1n) is 11.5. The van der Waals surface area contributed by atoms with Gasteiger partial charge in [-0.05, 0) is 44.6 Å². The Morgan fingerprint density at radius 1 is 1.20 bits per heavy atom. The van der Waals surface area contributed by atoms with Gasteiger partial charge in [0.1, 0.15) is 11.5 Å². The highest BCUT2D eigenvalue weighted by Gasteiger charge is 2.36. The van der Waals surface area contributed by atoms with E-state index in [1.165, 1.54) is 6.33 Å². The number of carbonyl (C=O) groups is 3. The minimum atomic E-state index is -0.949. The van der Waals surface area contributed by atoms with Crippen LogP contribution in [0, 0.1) is 17.6 Å². The number of benzene rings is 1. The van der Waals surface area contributed by atoms with Crippen LogP contribution >= 0.6 is 11.6 Å². The molecule has 2 fully saturated rings. The highest BCUT2D eigenvalue weighted by molar-refractivity contribution is 6.33. The van der Waals surface area contributed by atoms with E-state index in [1.54, 1.807) is 4.90 Å². The molecule has 0 radical (unpaired) electrons. The lowest BCUT2D eigenvalue weighted by Crippen LogP contribution is -2.47. The van der Waals surface area contributed by atoms with Crippen molar-refractivity contribution >= 4 is 35.0 Å². The van der Waals surface area contributed by atoms with Gasteiger partial charge in [-0.25, -0.2) is 13.8 Å². The fraction of sp³-hybridized carbons (Fsp3) is 0.478. The number of carbonyl (C=O) groups excluding carboxylic acids is 3. The summed E-state index contributed by atoms with van der Waals surface area (Å²) in [5.74, 6) is -3.85. The number of halogens is 3. The van der Waals surface area contributed by atoms with Gasteiger partial charge in [0, 0.05) is 31.2 Å². The average Bonchev–Trinajstić information content (AvgIpc) is 3.52. The van der Waals surface area contributed by atoms with Crippen molar-refractivity contribution < 1.29 is 27.9 Å². The monoisotopic (exact) mass is 509 g/mol. The van der Waals surface area contributed by atoms with Crippen LogP contribution in [0.4, 0.5) is 14.5 Å². The lowest BCUT2D eigenvalue weighted by molar-refractivity contribution is -0.121. The molecule has 4 N–H and O–H groups in total. The second kappa shape index (κ2) is 10.7. The number of hydrogen-bond donors (Lipinski definition) is 3. The van der Waals surface area contributed by atoms with E-state index in [0.29, 0.717) is 44.9 Å². The number of H-pyrrole nitrogens is 1. The molecule has 3 amide bonds. The normalized spacial score (nSPS) is 22.1. The summed E-state index contributed by atoms with van der Waals surface area (Å²) in [5, 5.41) is 2.24. The lowest BCUT2D eigenvalue weighted by atomic mass is 9.84. The standard InChI is InChI=1S/C23H26ClF2N5O4/c24-16-8-13(25)9-17(26)18(16)30-22(33)12-3-5-14(6-4-12)31(10-15-2-1-7-35-15)23(34)20-19(21(27)32)28-11-29-20/h8-9,11-12,14-15H,1-7,10H2,(H2,27,32)(H,28,29)(H,30,33)/t12-,14-,15?. The summed E-state index contributed by atoms with van der Waals surface area (Å²) in [5.41, 5.74) is 5.02. The van der Waals surface area contributed by atoms with E-state index in [2.05, 4.69) is 15.3 Å². The number of nitrogens with two attached hydrogens (primary N) is 1. The largest absolute Gasteiger partial charge is 0.376 e. The number of rotatable bonds is 7. The van der Waals surface area contributed by atoms with Crippen molar-refractivity contribution in [1.29, 1.82) is 0 Å². The highest BCUT2D eigenvalue weighted by atomic mass is 35.5. The predicted octanol–water partition coefficient (Wildman–Crippen LogP) is 3.26. The zero-order valence-electron chi connectivity index (χ0n) is 18.9. The minimum absolute atomic E-state index is 0.0446. The van der Waals surface area contributed by atoms with E-state index in [9.17, 15) is 23.2 Å². The van der Waals surface area contributed by atoms with Gasteiger partial charge in [0.05, 0.1) is 23.1 Å². The molecule has 35 heavy (non-hydrogen) atoms. The number of hydrogen-bond acceptors (Lipinski definition) is 5. The molecule has 2 aliphatic rings. The Hall–Kier alpha value is -3.05. The third-order valence-corrected chi connectivity index (χ3v) is 6.83. The van der Waals surface area contributed by atoms with Crippen molar-refractivity contribution in [2.24, 2.45) is 11.7 Å². The maximum Gasteiger partial charge on any atom is 0.275 e. The van der Waals surface area contributed by atoms with Crippen LogP contribution in [0.15, 0.2) is 18.5 Å². The Bertz CT molecular complexity index is 1090. The number of nitrogens with one attached hydrogen (secondary N) is 2. The van der Waals surface area contributed by atoms with E-state index in [-0.39, 0.29) is 34.2 Å². The van der Waals surface area contributed by atoms with Gasteiger partial charge in [0.25, 0.3) is 11.8 Å². The van der Waals surface area contributed by atoms with Crippen molar-refractivity contribution in [3.05, 3.63) is 46.5 Å². The third-order valence-electron chi connectivity index (χ3n) is 6.54. The first-order valence-corrected chi connectivity index (χ1v) is 11.8. The Labute approximate surface area is 205 Å². The quantitative estimate of drug-likeness (QED) is 0.527.